The van der Waals surface area contributed by atoms with Crippen molar-refractivity contribution in [3.63, 3.8) is 0 Å². The summed E-state index contributed by atoms with van der Waals surface area (Å²) in [7, 11) is 0. The molecule has 2 heterocycles. The number of likely N-dealkylation sites (tertiary alicyclic amines) is 1. The predicted molar refractivity (Wildman–Crippen MR) is 97.7 cm³/mol. The van der Waals surface area contributed by atoms with Gasteiger partial charge in [-0.05, 0) is 47.9 Å². The third-order valence-electron chi connectivity index (χ3n) is 4.61. The molecule has 0 bridgehead atoms. The summed E-state index contributed by atoms with van der Waals surface area (Å²) in [5, 5.41) is 2.24. The number of hydrogen-bond acceptors (Lipinski definition) is 3. The van der Waals surface area contributed by atoms with Gasteiger partial charge in [-0.15, -0.1) is 0 Å². The Balaban J connectivity index is 1.49. The number of pyridine rings is 1. The minimum Gasteiger partial charge on any atom is -0.488 e. The van der Waals surface area contributed by atoms with E-state index in [4.69, 9.17) is 4.74 Å². The first-order valence-corrected chi connectivity index (χ1v) is 8.64. The molecular formula is C21H20N2O2. The lowest BCUT2D eigenvalue weighted by atomic mass is 10.0. The van der Waals surface area contributed by atoms with Crippen molar-refractivity contribution >= 4 is 16.7 Å². The lowest BCUT2D eigenvalue weighted by Crippen LogP contribution is -2.44. The fourth-order valence-corrected chi connectivity index (χ4v) is 3.33. The Hall–Kier alpha value is -2.88. The molecule has 1 saturated heterocycles. The molecule has 4 heteroatoms. The van der Waals surface area contributed by atoms with E-state index in [0.717, 1.165) is 41.5 Å². The Kier molecular flexibility index (Phi) is 4.34. The largest absolute Gasteiger partial charge is 0.488 e. The number of nitrogens with zero attached hydrogens (tertiary/aromatic N) is 2. The molecular weight excluding hydrogens is 312 g/mol. The summed E-state index contributed by atoms with van der Waals surface area (Å²) in [6, 6.07) is 17.7. The summed E-state index contributed by atoms with van der Waals surface area (Å²) in [6.45, 7) is 1.40. The van der Waals surface area contributed by atoms with Crippen molar-refractivity contribution in [1.29, 1.82) is 0 Å². The topological polar surface area (TPSA) is 42.4 Å². The molecule has 4 nitrogen and oxygen atoms in total. The van der Waals surface area contributed by atoms with Gasteiger partial charge in [0.1, 0.15) is 11.9 Å². The van der Waals surface area contributed by atoms with Crippen LogP contribution in [0, 0.1) is 0 Å². The van der Waals surface area contributed by atoms with Gasteiger partial charge in [-0.3, -0.25) is 9.78 Å². The second-order valence-electron chi connectivity index (χ2n) is 6.38. The Morgan fingerprint density at radius 1 is 1.04 bits per heavy atom. The highest BCUT2D eigenvalue weighted by molar-refractivity contribution is 5.98. The van der Waals surface area contributed by atoms with Crippen molar-refractivity contribution in [1.82, 2.24) is 9.88 Å². The summed E-state index contributed by atoms with van der Waals surface area (Å²) >= 11 is 0. The second kappa shape index (κ2) is 6.93. The number of amides is 1. The summed E-state index contributed by atoms with van der Waals surface area (Å²) in [4.78, 5) is 18.8. The number of piperidine rings is 1. The van der Waals surface area contributed by atoms with E-state index in [9.17, 15) is 4.79 Å². The maximum atomic E-state index is 12.9. The molecule has 0 unspecified atom stereocenters. The number of rotatable bonds is 3. The minimum absolute atomic E-state index is 0.0283. The fourth-order valence-electron chi connectivity index (χ4n) is 3.33. The van der Waals surface area contributed by atoms with E-state index in [1.54, 1.807) is 12.4 Å². The van der Waals surface area contributed by atoms with Gasteiger partial charge in [-0.25, -0.2) is 0 Å². The Bertz CT molecular complexity index is 879. The smallest absolute Gasteiger partial charge is 0.254 e. The van der Waals surface area contributed by atoms with E-state index < -0.39 is 0 Å². The van der Waals surface area contributed by atoms with Crippen molar-refractivity contribution in [3.05, 3.63) is 72.6 Å². The monoisotopic (exact) mass is 332 g/mol. The van der Waals surface area contributed by atoms with Crippen molar-refractivity contribution in [2.45, 2.75) is 18.9 Å². The summed E-state index contributed by atoms with van der Waals surface area (Å²) in [6.07, 6.45) is 5.38. The molecule has 0 N–H and O–H groups in total. The maximum Gasteiger partial charge on any atom is 0.254 e. The Morgan fingerprint density at radius 2 is 1.84 bits per heavy atom. The average Bonchev–Trinajstić information content (AvgIpc) is 2.68. The number of fused-ring (bicyclic) bond motifs is 1. The van der Waals surface area contributed by atoms with Crippen LogP contribution in [0.2, 0.25) is 0 Å². The Morgan fingerprint density at radius 3 is 2.68 bits per heavy atom. The molecule has 4 rings (SSSR count). The van der Waals surface area contributed by atoms with Crippen molar-refractivity contribution in [2.75, 3.05) is 13.1 Å². The molecule has 1 aromatic heterocycles. The summed E-state index contributed by atoms with van der Waals surface area (Å²) in [5.74, 6) is 0.883. The van der Waals surface area contributed by atoms with Gasteiger partial charge in [0.05, 0.1) is 6.54 Å². The van der Waals surface area contributed by atoms with Crippen LogP contribution in [0.15, 0.2) is 67.0 Å². The lowest BCUT2D eigenvalue weighted by Gasteiger charge is -2.33. The minimum atomic E-state index is 0.0283. The average molecular weight is 332 g/mol. The third kappa shape index (κ3) is 3.48. The van der Waals surface area contributed by atoms with Crippen LogP contribution >= 0.6 is 0 Å². The number of ether oxygens (including phenoxy) is 1. The molecule has 1 amide bonds. The zero-order chi connectivity index (χ0) is 17.1. The fraction of sp³-hybridized carbons (Fsp3) is 0.238. The predicted octanol–water partition coefficient (Wildman–Crippen LogP) is 3.92. The van der Waals surface area contributed by atoms with Crippen molar-refractivity contribution < 1.29 is 9.53 Å². The van der Waals surface area contributed by atoms with Crippen LogP contribution in [0.25, 0.3) is 10.8 Å². The Labute approximate surface area is 147 Å². The molecule has 0 saturated carbocycles. The van der Waals surface area contributed by atoms with Gasteiger partial charge in [0.2, 0.25) is 0 Å². The van der Waals surface area contributed by atoms with Crippen LogP contribution in [0.5, 0.6) is 5.75 Å². The van der Waals surface area contributed by atoms with Gasteiger partial charge >= 0.3 is 0 Å². The molecule has 1 fully saturated rings. The summed E-state index contributed by atoms with van der Waals surface area (Å²) < 4.78 is 6.01. The molecule has 126 valence electrons. The van der Waals surface area contributed by atoms with E-state index in [1.165, 1.54) is 0 Å². The van der Waals surface area contributed by atoms with Crippen LogP contribution in [-0.4, -0.2) is 35.0 Å². The van der Waals surface area contributed by atoms with E-state index in [0.29, 0.717) is 6.54 Å². The van der Waals surface area contributed by atoms with Crippen molar-refractivity contribution in [2.24, 2.45) is 0 Å². The highest BCUT2D eigenvalue weighted by atomic mass is 16.5. The summed E-state index contributed by atoms with van der Waals surface area (Å²) in [5.41, 5.74) is 0.739. The van der Waals surface area contributed by atoms with Crippen LogP contribution in [-0.2, 0) is 0 Å². The SMILES string of the molecule is O=C(c1ccc2ccccc2c1)N1CCC[C@@H](Oc2ccncc2)C1. The molecule has 0 aliphatic carbocycles. The van der Waals surface area contributed by atoms with E-state index in [-0.39, 0.29) is 12.0 Å². The van der Waals surface area contributed by atoms with Crippen LogP contribution in [0.3, 0.4) is 0 Å². The zero-order valence-electron chi connectivity index (χ0n) is 14.0. The molecule has 2 aromatic carbocycles. The number of aromatic nitrogens is 1. The highest BCUT2D eigenvalue weighted by Crippen LogP contribution is 2.21. The molecule has 0 spiro atoms. The maximum absolute atomic E-state index is 12.9. The number of hydrogen-bond donors (Lipinski definition) is 0. The molecule has 0 radical (unpaired) electrons. The highest BCUT2D eigenvalue weighted by Gasteiger charge is 2.25. The molecule has 1 aliphatic heterocycles. The number of carbonyl (C=O) groups is 1. The van der Waals surface area contributed by atoms with Crippen LogP contribution in [0.4, 0.5) is 0 Å². The number of carbonyl (C=O) groups excluding carboxylic acids is 1. The first-order valence-electron chi connectivity index (χ1n) is 8.64. The number of benzene rings is 2. The molecule has 1 atom stereocenters. The lowest BCUT2D eigenvalue weighted by molar-refractivity contribution is 0.0538. The van der Waals surface area contributed by atoms with Gasteiger partial charge in [0, 0.05) is 24.5 Å². The van der Waals surface area contributed by atoms with Gasteiger partial charge in [-0.1, -0.05) is 30.3 Å². The zero-order valence-corrected chi connectivity index (χ0v) is 14.0. The first-order chi connectivity index (χ1) is 12.3. The van der Waals surface area contributed by atoms with E-state index in [2.05, 4.69) is 11.1 Å². The van der Waals surface area contributed by atoms with Gasteiger partial charge < -0.3 is 9.64 Å². The molecule has 25 heavy (non-hydrogen) atoms. The van der Waals surface area contributed by atoms with Crippen molar-refractivity contribution in [3.8, 4) is 5.75 Å². The van der Waals surface area contributed by atoms with Gasteiger partial charge in [0.25, 0.3) is 5.91 Å². The third-order valence-corrected chi connectivity index (χ3v) is 4.61. The second-order valence-corrected chi connectivity index (χ2v) is 6.38. The van der Waals surface area contributed by atoms with Crippen LogP contribution in [0.1, 0.15) is 23.2 Å². The van der Waals surface area contributed by atoms with Gasteiger partial charge in [-0.2, -0.15) is 0 Å². The molecule has 1 aliphatic rings. The van der Waals surface area contributed by atoms with E-state index >= 15 is 0 Å². The quantitative estimate of drug-likeness (QED) is 0.730. The normalized spacial score (nSPS) is 17.4. The standard InChI is InChI=1S/C21H20N2O2/c24-21(18-8-7-16-4-1-2-5-17(16)14-18)23-13-3-6-20(15-23)25-19-9-11-22-12-10-19/h1-2,4-5,7-12,14,20H,3,6,13,15H2/t20-/m1/s1. The van der Waals surface area contributed by atoms with Crippen LogP contribution < -0.4 is 4.74 Å². The van der Waals surface area contributed by atoms with Gasteiger partial charge in [0.15, 0.2) is 0 Å². The molecule has 3 aromatic rings. The first kappa shape index (κ1) is 15.6. The van der Waals surface area contributed by atoms with E-state index in [1.807, 2.05) is 53.4 Å².